The van der Waals surface area contributed by atoms with Gasteiger partial charge in [-0.2, -0.15) is 0 Å². The summed E-state index contributed by atoms with van der Waals surface area (Å²) in [6.07, 6.45) is 1.37. The number of carboxylic acids is 1. The van der Waals surface area contributed by atoms with Gasteiger partial charge in [0.2, 0.25) is 0 Å². The van der Waals surface area contributed by atoms with Crippen LogP contribution in [0.5, 0.6) is 0 Å². The molecular weight excluding hydrogens is 146 g/mol. The van der Waals surface area contributed by atoms with Crippen molar-refractivity contribution in [2.24, 2.45) is 0 Å². The lowest BCUT2D eigenvalue weighted by Gasteiger charge is -2.28. The first-order chi connectivity index (χ1) is 5.18. The van der Waals surface area contributed by atoms with Crippen LogP contribution in [0.3, 0.4) is 0 Å². The number of carboxylic acid groups (broad SMARTS) is 1. The van der Waals surface area contributed by atoms with Gasteiger partial charge in [0.05, 0.1) is 12.6 Å². The third kappa shape index (κ3) is 2.86. The second kappa shape index (κ2) is 3.69. The molecule has 0 radical (unpaired) electrons. The quantitative estimate of drug-likeness (QED) is 0.571. The molecule has 0 aromatic heterocycles. The Morgan fingerprint density at radius 1 is 1.64 bits per heavy atom. The van der Waals surface area contributed by atoms with E-state index in [4.69, 9.17) is 10.2 Å². The largest absolute Gasteiger partial charge is 0.480 e. The second-order valence-corrected chi connectivity index (χ2v) is 2.92. The van der Waals surface area contributed by atoms with Crippen LogP contribution in [0.25, 0.3) is 0 Å². The van der Waals surface area contributed by atoms with E-state index in [9.17, 15) is 4.79 Å². The van der Waals surface area contributed by atoms with Gasteiger partial charge < -0.3 is 10.2 Å². The molecule has 4 nitrogen and oxygen atoms in total. The fourth-order valence-electron chi connectivity index (χ4n) is 1.37. The van der Waals surface area contributed by atoms with E-state index in [1.807, 2.05) is 0 Å². The number of carbonyl (C=O) groups is 1. The summed E-state index contributed by atoms with van der Waals surface area (Å²) in [7, 11) is 0. The van der Waals surface area contributed by atoms with E-state index >= 15 is 0 Å². The number of β-amino-alcohol motifs (C(OH)–C–C–N with tert-alkyl or cyclic N) is 1. The summed E-state index contributed by atoms with van der Waals surface area (Å²) in [6, 6.07) is 0. The van der Waals surface area contributed by atoms with E-state index in [1.165, 1.54) is 0 Å². The first kappa shape index (κ1) is 8.49. The smallest absolute Gasteiger partial charge is 0.317 e. The molecule has 1 heterocycles. The number of nitrogens with zero attached hydrogens (tertiary/aromatic N) is 1. The van der Waals surface area contributed by atoms with Gasteiger partial charge in [-0.1, -0.05) is 0 Å². The fraction of sp³-hybridized carbons (Fsp3) is 0.857. The van der Waals surface area contributed by atoms with Crippen molar-refractivity contribution in [2.45, 2.75) is 18.9 Å². The summed E-state index contributed by atoms with van der Waals surface area (Å²) in [5, 5.41) is 17.6. The standard InChI is InChI=1S/C7H13NO3/c9-6-2-1-3-8(4-6)5-7(10)11/h6,9H,1-5H2,(H,10,11)/t6-/m1/s1. The molecule has 0 amide bonds. The van der Waals surface area contributed by atoms with Gasteiger partial charge in [0, 0.05) is 6.54 Å². The van der Waals surface area contributed by atoms with Crippen LogP contribution in [-0.2, 0) is 4.79 Å². The van der Waals surface area contributed by atoms with E-state index in [0.29, 0.717) is 6.54 Å². The van der Waals surface area contributed by atoms with Crippen molar-refractivity contribution in [3.63, 3.8) is 0 Å². The minimum Gasteiger partial charge on any atom is -0.480 e. The zero-order valence-electron chi connectivity index (χ0n) is 6.36. The van der Waals surface area contributed by atoms with Crippen LogP contribution in [0.4, 0.5) is 0 Å². The maximum atomic E-state index is 10.3. The fourth-order valence-corrected chi connectivity index (χ4v) is 1.37. The van der Waals surface area contributed by atoms with Crippen LogP contribution >= 0.6 is 0 Å². The molecule has 0 aromatic carbocycles. The molecule has 1 atom stereocenters. The molecular formula is C7H13NO3. The molecule has 0 aliphatic carbocycles. The Labute approximate surface area is 65.4 Å². The van der Waals surface area contributed by atoms with Gasteiger partial charge in [-0.25, -0.2) is 0 Å². The molecule has 0 bridgehead atoms. The summed E-state index contributed by atoms with van der Waals surface area (Å²) in [5.74, 6) is -0.820. The first-order valence-electron chi connectivity index (χ1n) is 3.80. The number of aliphatic carboxylic acids is 1. The predicted molar refractivity (Wildman–Crippen MR) is 39.3 cm³/mol. The van der Waals surface area contributed by atoms with E-state index in [-0.39, 0.29) is 12.6 Å². The Bertz CT molecular complexity index is 149. The number of piperidine rings is 1. The van der Waals surface area contributed by atoms with Crippen molar-refractivity contribution in [3.05, 3.63) is 0 Å². The molecule has 1 saturated heterocycles. The summed E-state index contributed by atoms with van der Waals surface area (Å²) in [4.78, 5) is 12.0. The Balaban J connectivity index is 2.28. The molecule has 1 aliphatic heterocycles. The van der Waals surface area contributed by atoms with Crippen molar-refractivity contribution >= 4 is 5.97 Å². The highest BCUT2D eigenvalue weighted by atomic mass is 16.4. The van der Waals surface area contributed by atoms with Crippen molar-refractivity contribution in [2.75, 3.05) is 19.6 Å². The number of likely N-dealkylation sites (tertiary alicyclic amines) is 1. The Hall–Kier alpha value is -0.610. The van der Waals surface area contributed by atoms with Crippen LogP contribution < -0.4 is 0 Å². The minimum absolute atomic E-state index is 0.0526. The van der Waals surface area contributed by atoms with Gasteiger partial charge in [-0.3, -0.25) is 9.69 Å². The number of aliphatic hydroxyl groups is 1. The molecule has 0 spiro atoms. The van der Waals surface area contributed by atoms with Gasteiger partial charge in [0.25, 0.3) is 0 Å². The Morgan fingerprint density at radius 3 is 2.91 bits per heavy atom. The summed E-state index contributed by atoms with van der Waals surface area (Å²) < 4.78 is 0. The summed E-state index contributed by atoms with van der Waals surface area (Å²) >= 11 is 0. The monoisotopic (exact) mass is 159 g/mol. The molecule has 1 rings (SSSR count). The predicted octanol–water partition coefficient (Wildman–Crippen LogP) is -0.472. The van der Waals surface area contributed by atoms with Crippen LogP contribution in [0, 0.1) is 0 Å². The number of hydrogen-bond acceptors (Lipinski definition) is 3. The first-order valence-corrected chi connectivity index (χ1v) is 3.80. The number of rotatable bonds is 2. The highest BCUT2D eigenvalue weighted by molar-refractivity contribution is 5.69. The minimum atomic E-state index is -0.820. The number of hydrogen-bond donors (Lipinski definition) is 2. The van der Waals surface area contributed by atoms with E-state index in [2.05, 4.69) is 0 Å². The topological polar surface area (TPSA) is 60.8 Å². The zero-order valence-corrected chi connectivity index (χ0v) is 6.36. The average molecular weight is 159 g/mol. The lowest BCUT2D eigenvalue weighted by molar-refractivity contribution is -0.139. The average Bonchev–Trinajstić information content (AvgIpc) is 1.85. The molecule has 0 saturated carbocycles. The maximum absolute atomic E-state index is 10.3. The zero-order chi connectivity index (χ0) is 8.27. The molecule has 1 aliphatic rings. The van der Waals surface area contributed by atoms with Gasteiger partial charge in [-0.05, 0) is 19.4 Å². The molecule has 64 valence electrons. The van der Waals surface area contributed by atoms with Gasteiger partial charge in [0.15, 0.2) is 0 Å². The van der Waals surface area contributed by atoms with Crippen molar-refractivity contribution in [3.8, 4) is 0 Å². The number of aliphatic hydroxyl groups excluding tert-OH is 1. The summed E-state index contributed by atoms with van der Waals surface area (Å²) in [5.41, 5.74) is 0. The van der Waals surface area contributed by atoms with Gasteiger partial charge in [-0.15, -0.1) is 0 Å². The van der Waals surface area contributed by atoms with E-state index < -0.39 is 5.97 Å². The highest BCUT2D eigenvalue weighted by Crippen LogP contribution is 2.08. The van der Waals surface area contributed by atoms with Crippen LogP contribution in [-0.4, -0.2) is 46.8 Å². The molecule has 11 heavy (non-hydrogen) atoms. The molecule has 1 fully saturated rings. The summed E-state index contributed by atoms with van der Waals surface area (Å²) in [6.45, 7) is 1.35. The Kier molecular flexibility index (Phi) is 2.84. The highest BCUT2D eigenvalue weighted by Gasteiger charge is 2.18. The molecule has 0 unspecified atom stereocenters. The van der Waals surface area contributed by atoms with E-state index in [1.54, 1.807) is 4.90 Å². The van der Waals surface area contributed by atoms with Crippen LogP contribution in [0.15, 0.2) is 0 Å². The van der Waals surface area contributed by atoms with Crippen LogP contribution in [0.1, 0.15) is 12.8 Å². The normalized spacial score (nSPS) is 26.8. The lowest BCUT2D eigenvalue weighted by Crippen LogP contribution is -2.40. The van der Waals surface area contributed by atoms with Gasteiger partial charge in [0.1, 0.15) is 0 Å². The molecule has 2 N–H and O–H groups in total. The SMILES string of the molecule is O=C(O)CN1CCC[C@@H](O)C1. The van der Waals surface area contributed by atoms with Crippen LogP contribution in [0.2, 0.25) is 0 Å². The van der Waals surface area contributed by atoms with Crippen molar-refractivity contribution in [1.29, 1.82) is 0 Å². The Morgan fingerprint density at radius 2 is 2.36 bits per heavy atom. The van der Waals surface area contributed by atoms with Crippen molar-refractivity contribution in [1.82, 2.24) is 4.90 Å². The van der Waals surface area contributed by atoms with Gasteiger partial charge >= 0.3 is 5.97 Å². The third-order valence-electron chi connectivity index (χ3n) is 1.84. The van der Waals surface area contributed by atoms with E-state index in [0.717, 1.165) is 19.4 Å². The lowest BCUT2D eigenvalue weighted by atomic mass is 10.1. The van der Waals surface area contributed by atoms with Crippen molar-refractivity contribution < 1.29 is 15.0 Å². The third-order valence-corrected chi connectivity index (χ3v) is 1.84. The molecule has 4 heteroatoms. The second-order valence-electron chi connectivity index (χ2n) is 2.92. The maximum Gasteiger partial charge on any atom is 0.317 e. The molecule has 0 aromatic rings.